The van der Waals surface area contributed by atoms with Crippen LogP contribution in [0.15, 0.2) is 46.7 Å². The van der Waals surface area contributed by atoms with Gasteiger partial charge in [-0.3, -0.25) is 0 Å². The van der Waals surface area contributed by atoms with Crippen molar-refractivity contribution in [3.8, 4) is 0 Å². The molecule has 0 saturated heterocycles. The van der Waals surface area contributed by atoms with Crippen molar-refractivity contribution in [2.24, 2.45) is 0 Å². The van der Waals surface area contributed by atoms with Crippen molar-refractivity contribution in [1.82, 2.24) is 0 Å². The lowest BCUT2D eigenvalue weighted by Gasteiger charge is -1.92. The first-order valence-corrected chi connectivity index (χ1v) is 4.79. The van der Waals surface area contributed by atoms with Crippen LogP contribution in [0.3, 0.4) is 0 Å². The van der Waals surface area contributed by atoms with E-state index in [0.29, 0.717) is 0 Å². The number of thioether (sulfide) groups is 1. The van der Waals surface area contributed by atoms with E-state index in [0.717, 1.165) is 6.42 Å². The Bertz CT molecular complexity index is 231. The highest BCUT2D eigenvalue weighted by molar-refractivity contribution is 8.02. The van der Waals surface area contributed by atoms with Crippen molar-refractivity contribution >= 4 is 11.8 Å². The number of aliphatic hydroxyl groups excluding tert-OH is 1. The maximum atomic E-state index is 8.50. The highest BCUT2D eigenvalue weighted by atomic mass is 32.2. The maximum Gasteiger partial charge on any atom is 0.0465 e. The van der Waals surface area contributed by atoms with Crippen molar-refractivity contribution in [3.05, 3.63) is 41.8 Å². The van der Waals surface area contributed by atoms with Gasteiger partial charge in [-0.2, -0.15) is 0 Å². The summed E-state index contributed by atoms with van der Waals surface area (Å²) in [7, 11) is 0. The minimum Gasteiger partial charge on any atom is -0.396 e. The summed E-state index contributed by atoms with van der Waals surface area (Å²) < 4.78 is 0. The number of aliphatic hydroxyl groups is 1. The second-order valence-corrected chi connectivity index (χ2v) is 3.29. The van der Waals surface area contributed by atoms with Gasteiger partial charge in [0.15, 0.2) is 0 Å². The largest absolute Gasteiger partial charge is 0.396 e. The first-order chi connectivity index (χ1) is 5.93. The van der Waals surface area contributed by atoms with Crippen LogP contribution < -0.4 is 0 Å². The van der Waals surface area contributed by atoms with Gasteiger partial charge in [0.2, 0.25) is 0 Å². The molecular formula is C10H12OS. The van der Waals surface area contributed by atoms with Gasteiger partial charge >= 0.3 is 0 Å². The molecule has 1 aromatic carbocycles. The predicted octanol–water partition coefficient (Wildman–Crippen LogP) is 2.67. The van der Waals surface area contributed by atoms with Crippen LogP contribution in [-0.2, 0) is 0 Å². The number of benzene rings is 1. The van der Waals surface area contributed by atoms with Crippen LogP contribution >= 0.6 is 11.8 Å². The Labute approximate surface area is 77.1 Å². The molecule has 0 fully saturated rings. The minimum atomic E-state index is 0.228. The van der Waals surface area contributed by atoms with Gasteiger partial charge in [-0.15, -0.1) is 0 Å². The Morgan fingerprint density at radius 2 is 2.00 bits per heavy atom. The van der Waals surface area contributed by atoms with Gasteiger partial charge in [0.05, 0.1) is 0 Å². The molecule has 0 bridgehead atoms. The molecule has 1 N–H and O–H groups in total. The zero-order chi connectivity index (χ0) is 8.65. The third-order valence-electron chi connectivity index (χ3n) is 1.34. The SMILES string of the molecule is OCC/C=C\Sc1ccccc1. The number of hydrogen-bond donors (Lipinski definition) is 1. The van der Waals surface area contributed by atoms with Crippen LogP contribution in [0.25, 0.3) is 0 Å². The Balaban J connectivity index is 2.33. The normalized spacial score (nSPS) is 10.8. The van der Waals surface area contributed by atoms with Crippen LogP contribution in [0.4, 0.5) is 0 Å². The molecule has 0 aromatic heterocycles. The van der Waals surface area contributed by atoms with Gasteiger partial charge < -0.3 is 5.11 Å². The van der Waals surface area contributed by atoms with Crippen molar-refractivity contribution in [2.75, 3.05) is 6.61 Å². The first kappa shape index (κ1) is 9.36. The molecule has 0 amide bonds. The lowest BCUT2D eigenvalue weighted by molar-refractivity contribution is 0.302. The van der Waals surface area contributed by atoms with Gasteiger partial charge in [0, 0.05) is 11.5 Å². The average Bonchev–Trinajstić information content (AvgIpc) is 2.14. The van der Waals surface area contributed by atoms with E-state index in [1.807, 2.05) is 29.7 Å². The molecule has 0 spiro atoms. The molecule has 0 saturated carbocycles. The van der Waals surface area contributed by atoms with E-state index >= 15 is 0 Å². The summed E-state index contributed by atoms with van der Waals surface area (Å²) in [6.07, 6.45) is 2.71. The summed E-state index contributed by atoms with van der Waals surface area (Å²) in [5.41, 5.74) is 0. The summed E-state index contributed by atoms with van der Waals surface area (Å²) in [6, 6.07) is 10.2. The summed E-state index contributed by atoms with van der Waals surface area (Å²) >= 11 is 1.67. The fourth-order valence-corrected chi connectivity index (χ4v) is 1.47. The zero-order valence-corrected chi connectivity index (χ0v) is 7.63. The molecule has 0 aliphatic rings. The van der Waals surface area contributed by atoms with E-state index in [4.69, 9.17) is 5.11 Å². The Hall–Kier alpha value is -0.730. The van der Waals surface area contributed by atoms with Crippen molar-refractivity contribution in [3.63, 3.8) is 0 Å². The van der Waals surface area contributed by atoms with Crippen molar-refractivity contribution in [2.45, 2.75) is 11.3 Å². The highest BCUT2D eigenvalue weighted by Gasteiger charge is 1.85. The predicted molar refractivity (Wildman–Crippen MR) is 53.1 cm³/mol. The quantitative estimate of drug-likeness (QED) is 0.719. The molecule has 64 valence electrons. The fraction of sp³-hybridized carbons (Fsp3) is 0.200. The van der Waals surface area contributed by atoms with Crippen LogP contribution in [0, 0.1) is 0 Å². The van der Waals surface area contributed by atoms with E-state index < -0.39 is 0 Å². The van der Waals surface area contributed by atoms with Gasteiger partial charge in [-0.1, -0.05) is 36.0 Å². The summed E-state index contributed by atoms with van der Waals surface area (Å²) in [6.45, 7) is 0.228. The maximum absolute atomic E-state index is 8.50. The van der Waals surface area contributed by atoms with Crippen LogP contribution in [0.5, 0.6) is 0 Å². The molecule has 0 aliphatic heterocycles. The summed E-state index contributed by atoms with van der Waals surface area (Å²) in [5, 5.41) is 10.5. The molecule has 2 heteroatoms. The smallest absolute Gasteiger partial charge is 0.0465 e. The Kier molecular flexibility index (Phi) is 4.57. The fourth-order valence-electron chi connectivity index (χ4n) is 0.768. The topological polar surface area (TPSA) is 20.2 Å². The second-order valence-electron chi connectivity index (χ2n) is 2.31. The zero-order valence-electron chi connectivity index (χ0n) is 6.81. The molecule has 0 heterocycles. The second kappa shape index (κ2) is 5.86. The molecule has 0 unspecified atom stereocenters. The van der Waals surface area contributed by atoms with E-state index in [-0.39, 0.29) is 6.61 Å². The van der Waals surface area contributed by atoms with Gasteiger partial charge in [-0.05, 0) is 24.0 Å². The van der Waals surface area contributed by atoms with Crippen LogP contribution in [0.1, 0.15) is 6.42 Å². The third kappa shape index (κ3) is 3.60. The molecular weight excluding hydrogens is 168 g/mol. The lowest BCUT2D eigenvalue weighted by Crippen LogP contribution is -1.74. The summed E-state index contributed by atoms with van der Waals surface area (Å²) in [5.74, 6) is 0. The summed E-state index contributed by atoms with van der Waals surface area (Å²) in [4.78, 5) is 1.23. The van der Waals surface area contributed by atoms with E-state index in [1.165, 1.54) is 4.90 Å². The molecule has 12 heavy (non-hydrogen) atoms. The first-order valence-electron chi connectivity index (χ1n) is 3.91. The van der Waals surface area contributed by atoms with E-state index in [2.05, 4.69) is 12.1 Å². The monoisotopic (exact) mass is 180 g/mol. The van der Waals surface area contributed by atoms with Crippen molar-refractivity contribution in [1.29, 1.82) is 0 Å². The molecule has 0 radical (unpaired) electrons. The molecule has 1 aromatic rings. The molecule has 0 atom stereocenters. The molecule has 1 nitrogen and oxygen atoms in total. The Morgan fingerprint density at radius 3 is 2.67 bits per heavy atom. The van der Waals surface area contributed by atoms with Crippen LogP contribution in [-0.4, -0.2) is 11.7 Å². The molecule has 0 aliphatic carbocycles. The third-order valence-corrected chi connectivity index (χ3v) is 2.21. The lowest BCUT2D eigenvalue weighted by atomic mass is 10.4. The van der Waals surface area contributed by atoms with E-state index in [1.54, 1.807) is 11.8 Å². The molecule has 1 rings (SSSR count). The average molecular weight is 180 g/mol. The van der Waals surface area contributed by atoms with Gasteiger partial charge in [0.25, 0.3) is 0 Å². The number of rotatable bonds is 4. The standard InChI is InChI=1S/C10H12OS/c11-8-4-5-9-12-10-6-2-1-3-7-10/h1-3,5-7,9,11H,4,8H2/b9-5-. The minimum absolute atomic E-state index is 0.228. The van der Waals surface area contributed by atoms with Crippen molar-refractivity contribution < 1.29 is 5.11 Å². The Morgan fingerprint density at radius 1 is 1.25 bits per heavy atom. The highest BCUT2D eigenvalue weighted by Crippen LogP contribution is 2.17. The van der Waals surface area contributed by atoms with Gasteiger partial charge in [-0.25, -0.2) is 0 Å². The van der Waals surface area contributed by atoms with Gasteiger partial charge in [0.1, 0.15) is 0 Å². The van der Waals surface area contributed by atoms with E-state index in [9.17, 15) is 0 Å². The number of hydrogen-bond acceptors (Lipinski definition) is 2. The van der Waals surface area contributed by atoms with Crippen LogP contribution in [0.2, 0.25) is 0 Å².